The van der Waals surface area contributed by atoms with Crippen LogP contribution in [0.5, 0.6) is 5.75 Å². The highest BCUT2D eigenvalue weighted by atomic mass is 35.5. The van der Waals surface area contributed by atoms with Crippen molar-refractivity contribution in [1.82, 2.24) is 0 Å². The standard InChI is InChI=1S/C29H26ClNO7S/c1-36-20-10-9-18(30)16-11-14(13-19(32)21(16)20)12-17-22(28(34)37-2)25(33)23(29(35)38-3)26-24(17)31-27(39-26)15-7-5-4-6-8-15/h4-10,14,17,22,24H,11-13H2,1-3H3/t14-,17+,22+,24-/m1/s1. The Bertz CT molecular complexity index is 1430. The van der Waals surface area contributed by atoms with Crippen molar-refractivity contribution in [3.05, 3.63) is 74.7 Å². The first-order valence-corrected chi connectivity index (χ1v) is 13.6. The molecule has 0 spiro atoms. The first-order valence-electron chi connectivity index (χ1n) is 12.4. The zero-order chi connectivity index (χ0) is 27.8. The van der Waals surface area contributed by atoms with Gasteiger partial charge < -0.3 is 14.2 Å². The molecule has 0 bridgehead atoms. The van der Waals surface area contributed by atoms with Crippen LogP contribution in [-0.4, -0.2) is 55.9 Å². The molecule has 3 aliphatic rings. The van der Waals surface area contributed by atoms with Gasteiger partial charge in [0, 0.05) is 27.8 Å². The predicted octanol–water partition coefficient (Wildman–Crippen LogP) is 4.46. The van der Waals surface area contributed by atoms with Crippen LogP contribution in [0.25, 0.3) is 0 Å². The molecule has 2 aliphatic carbocycles. The van der Waals surface area contributed by atoms with Gasteiger partial charge in [-0.3, -0.25) is 19.4 Å². The van der Waals surface area contributed by atoms with Gasteiger partial charge in [-0.2, -0.15) is 0 Å². The molecule has 2 aromatic carbocycles. The van der Waals surface area contributed by atoms with Gasteiger partial charge in [-0.05, 0) is 36.5 Å². The van der Waals surface area contributed by atoms with E-state index in [0.29, 0.717) is 44.7 Å². The maximum absolute atomic E-state index is 13.7. The molecule has 0 unspecified atom stereocenters. The summed E-state index contributed by atoms with van der Waals surface area (Å²) in [5.41, 5.74) is 1.82. The number of methoxy groups -OCH3 is 3. The van der Waals surface area contributed by atoms with Gasteiger partial charge in [0.15, 0.2) is 11.6 Å². The summed E-state index contributed by atoms with van der Waals surface area (Å²) in [4.78, 5) is 58.2. The zero-order valence-electron chi connectivity index (χ0n) is 21.6. The molecule has 39 heavy (non-hydrogen) atoms. The second-order valence-corrected chi connectivity index (χ2v) is 11.1. The Hall–Kier alpha value is -3.43. The molecule has 0 radical (unpaired) electrons. The molecule has 0 amide bonds. The molecule has 0 fully saturated rings. The molecule has 5 rings (SSSR count). The van der Waals surface area contributed by atoms with Crippen molar-refractivity contribution in [2.24, 2.45) is 22.7 Å². The van der Waals surface area contributed by atoms with Crippen LogP contribution in [0.3, 0.4) is 0 Å². The Kier molecular flexibility index (Phi) is 7.64. The van der Waals surface area contributed by atoms with Crippen LogP contribution in [0.2, 0.25) is 5.02 Å². The first kappa shape index (κ1) is 27.1. The summed E-state index contributed by atoms with van der Waals surface area (Å²) in [7, 11) is 3.90. The SMILES string of the molecule is COC(=O)C1=C2SC(c3ccccc3)=N[C@@H]2[C@@H](C[C@@H]2CC(=O)c3c(OC)ccc(Cl)c3C2)[C@H](C(=O)OC)C1=O. The summed E-state index contributed by atoms with van der Waals surface area (Å²) in [6.45, 7) is 0. The highest BCUT2D eigenvalue weighted by Crippen LogP contribution is 2.49. The third-order valence-corrected chi connectivity index (χ3v) is 9.05. The third-order valence-electron chi connectivity index (χ3n) is 7.49. The number of esters is 2. The van der Waals surface area contributed by atoms with Gasteiger partial charge in [-0.25, -0.2) is 4.79 Å². The van der Waals surface area contributed by atoms with E-state index in [4.69, 9.17) is 30.8 Å². The van der Waals surface area contributed by atoms with Crippen LogP contribution in [-0.2, 0) is 30.3 Å². The first-order chi connectivity index (χ1) is 18.8. The number of benzene rings is 2. The summed E-state index contributed by atoms with van der Waals surface area (Å²) in [5, 5.41) is 1.10. The van der Waals surface area contributed by atoms with Gasteiger partial charge in [0.25, 0.3) is 0 Å². The molecule has 2 aromatic rings. The molecule has 10 heteroatoms. The average molecular weight is 568 g/mol. The molecule has 202 valence electrons. The highest BCUT2D eigenvalue weighted by molar-refractivity contribution is 8.18. The van der Waals surface area contributed by atoms with Crippen LogP contribution in [0.15, 0.2) is 57.9 Å². The number of aliphatic imine (C=N–C) groups is 1. The lowest BCUT2D eigenvalue weighted by Crippen LogP contribution is -2.45. The van der Waals surface area contributed by atoms with Crippen molar-refractivity contribution in [2.45, 2.75) is 25.3 Å². The van der Waals surface area contributed by atoms with Gasteiger partial charge >= 0.3 is 11.9 Å². The molecule has 4 atom stereocenters. The van der Waals surface area contributed by atoms with Gasteiger partial charge in [0.2, 0.25) is 0 Å². The number of carbonyl (C=O) groups excluding carboxylic acids is 4. The van der Waals surface area contributed by atoms with Gasteiger partial charge in [0.1, 0.15) is 22.3 Å². The maximum Gasteiger partial charge on any atom is 0.342 e. The summed E-state index contributed by atoms with van der Waals surface area (Å²) in [6.07, 6.45) is 0.979. The Balaban J connectivity index is 1.58. The number of halogens is 1. The molecular weight excluding hydrogens is 542 g/mol. The van der Waals surface area contributed by atoms with Crippen LogP contribution in [0.4, 0.5) is 0 Å². The molecule has 8 nitrogen and oxygen atoms in total. The predicted molar refractivity (Wildman–Crippen MR) is 146 cm³/mol. The number of carbonyl (C=O) groups is 4. The number of fused-ring (bicyclic) bond motifs is 2. The lowest BCUT2D eigenvalue weighted by atomic mass is 9.69. The quantitative estimate of drug-likeness (QED) is 0.286. The monoisotopic (exact) mass is 567 g/mol. The van der Waals surface area contributed by atoms with Crippen molar-refractivity contribution in [2.75, 3.05) is 21.3 Å². The summed E-state index contributed by atoms with van der Waals surface area (Å²) >= 11 is 7.73. The molecule has 0 saturated carbocycles. The fourth-order valence-corrected chi connectivity index (χ4v) is 7.26. The summed E-state index contributed by atoms with van der Waals surface area (Å²) in [6, 6.07) is 12.1. The Morgan fingerprint density at radius 2 is 1.77 bits per heavy atom. The molecule has 0 N–H and O–H groups in total. The van der Waals surface area contributed by atoms with Crippen LogP contribution in [0.1, 0.15) is 34.3 Å². The van der Waals surface area contributed by atoms with Crippen LogP contribution in [0, 0.1) is 17.8 Å². The molecule has 1 heterocycles. The van der Waals surface area contributed by atoms with Crippen molar-refractivity contribution < 1.29 is 33.4 Å². The second-order valence-electron chi connectivity index (χ2n) is 9.64. The number of Topliss-reactive ketones (excluding diaryl/α,β-unsaturated/α-hetero) is 2. The van der Waals surface area contributed by atoms with E-state index in [1.165, 1.54) is 33.1 Å². The minimum Gasteiger partial charge on any atom is -0.496 e. The lowest BCUT2D eigenvalue weighted by molar-refractivity contribution is -0.152. The number of nitrogens with zero attached hydrogens (tertiary/aromatic N) is 1. The third kappa shape index (κ3) is 4.78. The van der Waals surface area contributed by atoms with Crippen molar-refractivity contribution >= 4 is 51.9 Å². The normalized spacial score (nSPS) is 24.1. The number of hydrogen-bond donors (Lipinski definition) is 0. The minimum atomic E-state index is -1.27. The average Bonchev–Trinajstić information content (AvgIpc) is 3.38. The van der Waals surface area contributed by atoms with E-state index in [1.807, 2.05) is 30.3 Å². The molecular formula is C29H26ClNO7S. The molecule has 1 aliphatic heterocycles. The van der Waals surface area contributed by atoms with E-state index in [1.54, 1.807) is 12.1 Å². The zero-order valence-corrected chi connectivity index (χ0v) is 23.1. The summed E-state index contributed by atoms with van der Waals surface area (Å²) < 4.78 is 15.4. The Morgan fingerprint density at radius 1 is 1.03 bits per heavy atom. The van der Waals surface area contributed by atoms with E-state index in [9.17, 15) is 19.2 Å². The van der Waals surface area contributed by atoms with E-state index in [-0.39, 0.29) is 23.7 Å². The van der Waals surface area contributed by atoms with Gasteiger partial charge in [0.05, 0.1) is 32.9 Å². The summed E-state index contributed by atoms with van der Waals surface area (Å²) in [5.74, 6) is -3.98. The fraction of sp³-hybridized carbons (Fsp3) is 0.345. The van der Waals surface area contributed by atoms with Gasteiger partial charge in [-0.1, -0.05) is 53.7 Å². The Morgan fingerprint density at radius 3 is 2.44 bits per heavy atom. The number of rotatable bonds is 6. The van der Waals surface area contributed by atoms with E-state index >= 15 is 0 Å². The molecule has 0 saturated heterocycles. The number of ether oxygens (including phenoxy) is 3. The number of ketones is 2. The maximum atomic E-state index is 13.7. The van der Waals surface area contributed by atoms with Crippen molar-refractivity contribution in [3.8, 4) is 5.75 Å². The van der Waals surface area contributed by atoms with Crippen molar-refractivity contribution in [1.29, 1.82) is 0 Å². The number of thioether (sulfide) groups is 1. The largest absolute Gasteiger partial charge is 0.496 e. The lowest BCUT2D eigenvalue weighted by Gasteiger charge is -2.36. The number of hydrogen-bond acceptors (Lipinski definition) is 9. The second kappa shape index (κ2) is 11.0. The van der Waals surface area contributed by atoms with E-state index < -0.39 is 35.6 Å². The Labute approximate surface area is 234 Å². The highest BCUT2D eigenvalue weighted by Gasteiger charge is 2.53. The minimum absolute atomic E-state index is 0.113. The van der Waals surface area contributed by atoms with Crippen molar-refractivity contribution in [3.63, 3.8) is 0 Å². The van der Waals surface area contributed by atoms with Crippen LogP contribution >= 0.6 is 23.4 Å². The van der Waals surface area contributed by atoms with E-state index in [0.717, 1.165) is 5.56 Å². The fourth-order valence-electron chi connectivity index (χ4n) is 5.76. The van der Waals surface area contributed by atoms with E-state index in [2.05, 4.69) is 0 Å². The molecule has 0 aromatic heterocycles. The van der Waals surface area contributed by atoms with Gasteiger partial charge in [-0.15, -0.1) is 0 Å². The van der Waals surface area contributed by atoms with Crippen LogP contribution < -0.4 is 4.74 Å². The topological polar surface area (TPSA) is 108 Å². The smallest absolute Gasteiger partial charge is 0.342 e.